The zero-order valence-electron chi connectivity index (χ0n) is 13.1. The Morgan fingerprint density at radius 2 is 1.83 bits per heavy atom. The number of amides is 1. The molecule has 2 N–H and O–H groups in total. The number of aliphatic hydroxyl groups excluding tert-OH is 1. The van der Waals surface area contributed by atoms with Gasteiger partial charge in [-0.2, -0.15) is 5.26 Å². The Bertz CT molecular complexity index is 690. The molecular formula is C19H20N2O2. The maximum absolute atomic E-state index is 12.3. The predicted octanol–water partition coefficient (Wildman–Crippen LogP) is 2.84. The van der Waals surface area contributed by atoms with Crippen LogP contribution in [0.1, 0.15) is 40.7 Å². The number of carbonyl (C=O) groups is 1. The zero-order valence-corrected chi connectivity index (χ0v) is 13.1. The predicted molar refractivity (Wildman–Crippen MR) is 89.0 cm³/mol. The minimum absolute atomic E-state index is 0.0226. The quantitative estimate of drug-likeness (QED) is 0.862. The van der Waals surface area contributed by atoms with E-state index >= 15 is 0 Å². The molecule has 0 saturated heterocycles. The summed E-state index contributed by atoms with van der Waals surface area (Å²) in [7, 11) is 0. The molecule has 0 heterocycles. The second-order valence-corrected chi connectivity index (χ2v) is 5.56. The average molecular weight is 308 g/mol. The summed E-state index contributed by atoms with van der Waals surface area (Å²) in [6.07, 6.45) is 0.105. The van der Waals surface area contributed by atoms with Crippen molar-refractivity contribution < 1.29 is 9.90 Å². The Labute approximate surface area is 136 Å². The first-order valence-electron chi connectivity index (χ1n) is 7.62. The molecule has 0 aliphatic rings. The van der Waals surface area contributed by atoms with Gasteiger partial charge in [0.05, 0.1) is 23.3 Å². The molecule has 0 fully saturated rings. The molecule has 2 unspecified atom stereocenters. The highest BCUT2D eigenvalue weighted by Gasteiger charge is 2.17. The van der Waals surface area contributed by atoms with E-state index in [0.717, 1.165) is 5.56 Å². The van der Waals surface area contributed by atoms with Crippen LogP contribution in [-0.2, 0) is 0 Å². The first-order valence-corrected chi connectivity index (χ1v) is 7.62. The second-order valence-electron chi connectivity index (χ2n) is 5.56. The Balaban J connectivity index is 2.09. The molecule has 0 aliphatic heterocycles. The molecule has 4 heteroatoms. The molecule has 23 heavy (non-hydrogen) atoms. The minimum Gasteiger partial charge on any atom is -0.393 e. The molecule has 0 aromatic heterocycles. The summed E-state index contributed by atoms with van der Waals surface area (Å²) in [5.74, 6) is -0.247. The SMILES string of the molecule is CC(O)CC(CNC(=O)c1ccccc1C#N)c1ccccc1. The summed E-state index contributed by atoms with van der Waals surface area (Å²) in [5.41, 5.74) is 1.80. The van der Waals surface area contributed by atoms with Crippen LogP contribution in [0, 0.1) is 11.3 Å². The van der Waals surface area contributed by atoms with Gasteiger partial charge in [0.15, 0.2) is 0 Å². The highest BCUT2D eigenvalue weighted by atomic mass is 16.3. The summed E-state index contributed by atoms with van der Waals surface area (Å²) in [6.45, 7) is 2.15. The summed E-state index contributed by atoms with van der Waals surface area (Å²) in [5, 5.41) is 21.6. The molecule has 4 nitrogen and oxygen atoms in total. The Kier molecular flexibility index (Phi) is 5.90. The van der Waals surface area contributed by atoms with Crippen LogP contribution in [0.4, 0.5) is 0 Å². The summed E-state index contributed by atoms with van der Waals surface area (Å²) >= 11 is 0. The molecule has 2 rings (SSSR count). The number of aliphatic hydroxyl groups is 1. The summed E-state index contributed by atoms with van der Waals surface area (Å²) < 4.78 is 0. The Hall–Kier alpha value is -2.64. The van der Waals surface area contributed by atoms with E-state index in [1.54, 1.807) is 31.2 Å². The smallest absolute Gasteiger partial charge is 0.252 e. The Morgan fingerprint density at radius 1 is 1.17 bits per heavy atom. The van der Waals surface area contributed by atoms with Crippen LogP contribution >= 0.6 is 0 Å². The number of hydrogen-bond donors (Lipinski definition) is 2. The van der Waals surface area contributed by atoms with E-state index in [9.17, 15) is 9.90 Å². The van der Waals surface area contributed by atoms with Crippen molar-refractivity contribution in [2.75, 3.05) is 6.54 Å². The van der Waals surface area contributed by atoms with Crippen molar-refractivity contribution in [3.63, 3.8) is 0 Å². The van der Waals surface area contributed by atoms with Crippen molar-refractivity contribution in [3.8, 4) is 6.07 Å². The highest BCUT2D eigenvalue weighted by molar-refractivity contribution is 5.96. The molecule has 0 aliphatic carbocycles. The number of nitrogens with one attached hydrogen (secondary N) is 1. The highest BCUT2D eigenvalue weighted by Crippen LogP contribution is 2.20. The lowest BCUT2D eigenvalue weighted by Gasteiger charge is -2.20. The van der Waals surface area contributed by atoms with E-state index in [4.69, 9.17) is 5.26 Å². The summed E-state index contributed by atoms with van der Waals surface area (Å²) in [4.78, 5) is 12.3. The van der Waals surface area contributed by atoms with Crippen LogP contribution in [0.25, 0.3) is 0 Å². The standard InChI is InChI=1S/C19H20N2O2/c1-14(22)11-17(15-7-3-2-4-8-15)13-21-19(23)18-10-6-5-9-16(18)12-20/h2-10,14,17,22H,11,13H2,1H3,(H,21,23). The topological polar surface area (TPSA) is 73.1 Å². The third-order valence-corrected chi connectivity index (χ3v) is 3.70. The van der Waals surface area contributed by atoms with Crippen molar-refractivity contribution >= 4 is 5.91 Å². The fourth-order valence-corrected chi connectivity index (χ4v) is 2.56. The van der Waals surface area contributed by atoms with Crippen molar-refractivity contribution in [2.24, 2.45) is 0 Å². The maximum Gasteiger partial charge on any atom is 0.252 e. The third kappa shape index (κ3) is 4.67. The number of hydrogen-bond acceptors (Lipinski definition) is 3. The molecule has 0 spiro atoms. The van der Waals surface area contributed by atoms with E-state index in [0.29, 0.717) is 24.1 Å². The van der Waals surface area contributed by atoms with Crippen LogP contribution in [0.2, 0.25) is 0 Å². The summed E-state index contributed by atoms with van der Waals surface area (Å²) in [6, 6.07) is 18.6. The van der Waals surface area contributed by atoms with Gasteiger partial charge in [-0.05, 0) is 31.0 Å². The molecule has 0 bridgehead atoms. The van der Waals surface area contributed by atoms with Crippen LogP contribution < -0.4 is 5.32 Å². The minimum atomic E-state index is -0.455. The van der Waals surface area contributed by atoms with E-state index in [2.05, 4.69) is 5.32 Å². The van der Waals surface area contributed by atoms with Gasteiger partial charge in [0.1, 0.15) is 0 Å². The monoisotopic (exact) mass is 308 g/mol. The fraction of sp³-hybridized carbons (Fsp3) is 0.263. The van der Waals surface area contributed by atoms with Crippen LogP contribution in [0.15, 0.2) is 54.6 Å². The molecule has 1 amide bonds. The molecule has 2 atom stereocenters. The van der Waals surface area contributed by atoms with Gasteiger partial charge in [-0.15, -0.1) is 0 Å². The van der Waals surface area contributed by atoms with Crippen LogP contribution in [-0.4, -0.2) is 23.7 Å². The lowest BCUT2D eigenvalue weighted by molar-refractivity contribution is 0.0945. The fourth-order valence-electron chi connectivity index (χ4n) is 2.56. The van der Waals surface area contributed by atoms with Gasteiger partial charge >= 0.3 is 0 Å². The molecule has 2 aromatic rings. The lowest BCUT2D eigenvalue weighted by Crippen LogP contribution is -2.30. The number of nitrogens with zero attached hydrogens (tertiary/aromatic N) is 1. The second kappa shape index (κ2) is 8.11. The normalized spacial score (nSPS) is 12.9. The van der Waals surface area contributed by atoms with Crippen LogP contribution in [0.3, 0.4) is 0 Å². The van der Waals surface area contributed by atoms with Crippen molar-refractivity contribution in [1.29, 1.82) is 5.26 Å². The van der Waals surface area contributed by atoms with Gasteiger partial charge in [-0.3, -0.25) is 4.79 Å². The largest absolute Gasteiger partial charge is 0.393 e. The maximum atomic E-state index is 12.3. The molecule has 0 radical (unpaired) electrons. The number of benzene rings is 2. The van der Waals surface area contributed by atoms with Gasteiger partial charge in [-0.25, -0.2) is 0 Å². The van der Waals surface area contributed by atoms with Crippen molar-refractivity contribution in [1.82, 2.24) is 5.32 Å². The molecule has 118 valence electrons. The number of rotatable bonds is 6. The number of carbonyl (C=O) groups excluding carboxylic acids is 1. The van der Waals surface area contributed by atoms with Crippen LogP contribution in [0.5, 0.6) is 0 Å². The van der Waals surface area contributed by atoms with Gasteiger partial charge in [0.2, 0.25) is 0 Å². The zero-order chi connectivity index (χ0) is 16.7. The van der Waals surface area contributed by atoms with Gasteiger partial charge in [0, 0.05) is 12.5 Å². The number of nitriles is 1. The Morgan fingerprint density at radius 3 is 2.48 bits per heavy atom. The van der Waals surface area contributed by atoms with Crippen molar-refractivity contribution in [2.45, 2.75) is 25.4 Å². The third-order valence-electron chi connectivity index (χ3n) is 3.70. The molecule has 2 aromatic carbocycles. The van der Waals surface area contributed by atoms with Crippen molar-refractivity contribution in [3.05, 3.63) is 71.3 Å². The van der Waals surface area contributed by atoms with E-state index in [1.165, 1.54) is 0 Å². The van der Waals surface area contributed by atoms with Gasteiger partial charge in [-0.1, -0.05) is 42.5 Å². The lowest BCUT2D eigenvalue weighted by atomic mass is 9.93. The average Bonchev–Trinajstić information content (AvgIpc) is 2.58. The van der Waals surface area contributed by atoms with E-state index in [1.807, 2.05) is 36.4 Å². The van der Waals surface area contributed by atoms with Gasteiger partial charge < -0.3 is 10.4 Å². The first kappa shape index (κ1) is 16.7. The first-order chi connectivity index (χ1) is 11.1. The molecular weight excluding hydrogens is 288 g/mol. The van der Waals surface area contributed by atoms with E-state index < -0.39 is 6.10 Å². The van der Waals surface area contributed by atoms with Gasteiger partial charge in [0.25, 0.3) is 5.91 Å². The van der Waals surface area contributed by atoms with E-state index in [-0.39, 0.29) is 11.8 Å². The molecule has 0 saturated carbocycles.